The third-order valence-corrected chi connectivity index (χ3v) is 2.59. The Hall–Kier alpha value is -1.37. The molecule has 0 radical (unpaired) electrons. The second-order valence-electron chi connectivity index (χ2n) is 4.22. The van der Waals surface area contributed by atoms with Gasteiger partial charge >= 0.3 is 5.97 Å². The van der Waals surface area contributed by atoms with Crippen molar-refractivity contribution in [3.63, 3.8) is 0 Å². The molecular formula is C11H17NO5. The van der Waals surface area contributed by atoms with E-state index >= 15 is 0 Å². The zero-order valence-electron chi connectivity index (χ0n) is 9.86. The van der Waals surface area contributed by atoms with Gasteiger partial charge in [0.15, 0.2) is 0 Å². The smallest absolute Gasteiger partial charge is 0.339 e. The lowest BCUT2D eigenvalue weighted by Crippen LogP contribution is -2.48. The standard InChI is InChI=1S/C11H17NO5/c1-7-9(10(15)16)3-8(17-7)4-12-11(2,5-13)6-14/h3,12-14H,4-6H2,1-2H3,(H,15,16). The van der Waals surface area contributed by atoms with Gasteiger partial charge in [0.2, 0.25) is 0 Å². The van der Waals surface area contributed by atoms with Crippen molar-refractivity contribution in [2.45, 2.75) is 25.9 Å². The van der Waals surface area contributed by atoms with E-state index in [0.29, 0.717) is 11.5 Å². The van der Waals surface area contributed by atoms with E-state index in [-0.39, 0.29) is 25.3 Å². The molecule has 0 fully saturated rings. The summed E-state index contributed by atoms with van der Waals surface area (Å²) in [5.41, 5.74) is -0.694. The Morgan fingerprint density at radius 2 is 2.06 bits per heavy atom. The molecule has 6 nitrogen and oxygen atoms in total. The second-order valence-corrected chi connectivity index (χ2v) is 4.22. The quantitative estimate of drug-likeness (QED) is 0.566. The number of aliphatic hydroxyl groups excluding tert-OH is 2. The molecular weight excluding hydrogens is 226 g/mol. The first-order chi connectivity index (χ1) is 7.91. The summed E-state index contributed by atoms with van der Waals surface area (Å²) in [6.45, 7) is 3.01. The van der Waals surface area contributed by atoms with Gasteiger partial charge in [-0.05, 0) is 19.9 Å². The summed E-state index contributed by atoms with van der Waals surface area (Å²) in [4.78, 5) is 10.8. The topological polar surface area (TPSA) is 103 Å². The van der Waals surface area contributed by atoms with Gasteiger partial charge in [0.1, 0.15) is 17.1 Å². The molecule has 0 saturated carbocycles. The van der Waals surface area contributed by atoms with E-state index in [2.05, 4.69) is 5.32 Å². The number of rotatable bonds is 6. The highest BCUT2D eigenvalue weighted by Gasteiger charge is 2.22. The van der Waals surface area contributed by atoms with Crippen LogP contribution in [0.1, 0.15) is 28.8 Å². The van der Waals surface area contributed by atoms with Crippen LogP contribution in [0.2, 0.25) is 0 Å². The number of furan rings is 1. The molecule has 0 saturated heterocycles. The minimum atomic E-state index is -1.04. The van der Waals surface area contributed by atoms with Gasteiger partial charge < -0.3 is 25.1 Å². The first-order valence-electron chi connectivity index (χ1n) is 5.21. The first-order valence-corrected chi connectivity index (χ1v) is 5.21. The van der Waals surface area contributed by atoms with Gasteiger partial charge in [0.05, 0.1) is 25.3 Å². The fourth-order valence-corrected chi connectivity index (χ4v) is 1.31. The van der Waals surface area contributed by atoms with Gasteiger partial charge in [0.25, 0.3) is 0 Å². The Labute approximate surface area is 98.9 Å². The zero-order valence-corrected chi connectivity index (χ0v) is 9.86. The third-order valence-electron chi connectivity index (χ3n) is 2.59. The van der Waals surface area contributed by atoms with E-state index in [1.807, 2.05) is 0 Å². The minimum absolute atomic E-state index is 0.122. The van der Waals surface area contributed by atoms with Crippen LogP contribution in [0.3, 0.4) is 0 Å². The Bertz CT molecular complexity index is 395. The maximum absolute atomic E-state index is 10.8. The Balaban J connectivity index is 2.70. The zero-order chi connectivity index (χ0) is 13.1. The number of carbonyl (C=O) groups is 1. The van der Waals surface area contributed by atoms with Crippen molar-refractivity contribution in [2.24, 2.45) is 0 Å². The normalized spacial score (nSPS) is 11.8. The number of hydrogen-bond acceptors (Lipinski definition) is 5. The molecule has 17 heavy (non-hydrogen) atoms. The number of carboxylic acid groups (broad SMARTS) is 1. The lowest BCUT2D eigenvalue weighted by molar-refractivity contribution is 0.0695. The second kappa shape index (κ2) is 5.31. The third kappa shape index (κ3) is 3.29. The Morgan fingerprint density at radius 1 is 1.47 bits per heavy atom. The largest absolute Gasteiger partial charge is 0.478 e. The molecule has 0 aliphatic carbocycles. The van der Waals surface area contributed by atoms with Crippen LogP contribution in [0.25, 0.3) is 0 Å². The summed E-state index contributed by atoms with van der Waals surface area (Å²) in [6, 6.07) is 1.43. The lowest BCUT2D eigenvalue weighted by atomic mass is 10.1. The van der Waals surface area contributed by atoms with Gasteiger partial charge in [-0.1, -0.05) is 0 Å². The predicted octanol–water partition coefficient (Wildman–Crippen LogP) is 0.119. The molecule has 6 heteroatoms. The van der Waals surface area contributed by atoms with Crippen LogP contribution in [0.5, 0.6) is 0 Å². The fourth-order valence-electron chi connectivity index (χ4n) is 1.31. The lowest BCUT2D eigenvalue weighted by Gasteiger charge is -2.25. The van der Waals surface area contributed by atoms with Crippen LogP contribution in [0, 0.1) is 6.92 Å². The monoisotopic (exact) mass is 243 g/mol. The average molecular weight is 243 g/mol. The molecule has 0 aliphatic heterocycles. The van der Waals surface area contributed by atoms with Gasteiger partial charge in [0, 0.05) is 0 Å². The molecule has 1 aromatic heterocycles. The first kappa shape index (κ1) is 13.7. The number of aromatic carboxylic acids is 1. The van der Waals surface area contributed by atoms with Gasteiger partial charge in [-0.15, -0.1) is 0 Å². The molecule has 0 unspecified atom stereocenters. The van der Waals surface area contributed by atoms with Crippen LogP contribution < -0.4 is 5.32 Å². The Kier molecular flexibility index (Phi) is 4.28. The van der Waals surface area contributed by atoms with Gasteiger partial charge in [-0.2, -0.15) is 0 Å². The summed E-state index contributed by atoms with van der Waals surface area (Å²) < 4.78 is 5.25. The molecule has 1 heterocycles. The highest BCUT2D eigenvalue weighted by atomic mass is 16.4. The van der Waals surface area contributed by atoms with Crippen molar-refractivity contribution in [2.75, 3.05) is 13.2 Å². The highest BCUT2D eigenvalue weighted by molar-refractivity contribution is 5.88. The van der Waals surface area contributed by atoms with Crippen molar-refractivity contribution in [1.82, 2.24) is 5.32 Å². The maximum atomic E-state index is 10.8. The number of nitrogens with one attached hydrogen (secondary N) is 1. The minimum Gasteiger partial charge on any atom is -0.478 e. The van der Waals surface area contributed by atoms with Crippen molar-refractivity contribution >= 4 is 5.97 Å². The fraction of sp³-hybridized carbons (Fsp3) is 0.545. The summed E-state index contributed by atoms with van der Waals surface area (Å²) in [6.07, 6.45) is 0. The maximum Gasteiger partial charge on any atom is 0.339 e. The summed E-state index contributed by atoms with van der Waals surface area (Å²) in [5, 5.41) is 29.9. The molecule has 0 atom stereocenters. The highest BCUT2D eigenvalue weighted by Crippen LogP contribution is 2.15. The SMILES string of the molecule is Cc1oc(CNC(C)(CO)CO)cc1C(=O)O. The molecule has 4 N–H and O–H groups in total. The van der Waals surface area contributed by atoms with Crippen LogP contribution in [0.4, 0.5) is 0 Å². The number of aryl methyl sites for hydroxylation is 1. The molecule has 0 amide bonds. The number of hydrogen-bond donors (Lipinski definition) is 4. The van der Waals surface area contributed by atoms with Gasteiger partial charge in [-0.25, -0.2) is 4.79 Å². The van der Waals surface area contributed by atoms with E-state index in [1.54, 1.807) is 13.8 Å². The van der Waals surface area contributed by atoms with Crippen LogP contribution in [0.15, 0.2) is 10.5 Å². The van der Waals surface area contributed by atoms with Crippen molar-refractivity contribution < 1.29 is 24.5 Å². The molecule has 0 spiro atoms. The number of aliphatic hydroxyl groups is 2. The summed E-state index contributed by atoms with van der Waals surface area (Å²) in [5.74, 6) is -0.249. The molecule has 96 valence electrons. The molecule has 1 rings (SSSR count). The number of carboxylic acids is 1. The molecule has 0 bridgehead atoms. The molecule has 1 aromatic rings. The Morgan fingerprint density at radius 3 is 2.47 bits per heavy atom. The van der Waals surface area contributed by atoms with Crippen LogP contribution in [-0.2, 0) is 6.54 Å². The van der Waals surface area contributed by atoms with E-state index in [0.717, 1.165) is 0 Å². The van der Waals surface area contributed by atoms with E-state index in [1.165, 1.54) is 6.07 Å². The van der Waals surface area contributed by atoms with Crippen molar-refractivity contribution in [1.29, 1.82) is 0 Å². The predicted molar refractivity (Wildman–Crippen MR) is 59.8 cm³/mol. The van der Waals surface area contributed by atoms with Crippen molar-refractivity contribution in [3.8, 4) is 0 Å². The van der Waals surface area contributed by atoms with E-state index < -0.39 is 11.5 Å². The molecule has 0 aliphatic rings. The van der Waals surface area contributed by atoms with E-state index in [9.17, 15) is 4.79 Å². The molecule has 0 aromatic carbocycles. The van der Waals surface area contributed by atoms with Crippen molar-refractivity contribution in [3.05, 3.63) is 23.2 Å². The van der Waals surface area contributed by atoms with Gasteiger partial charge in [-0.3, -0.25) is 0 Å². The summed E-state index contributed by atoms with van der Waals surface area (Å²) in [7, 11) is 0. The average Bonchev–Trinajstić information content (AvgIpc) is 2.68. The summed E-state index contributed by atoms with van der Waals surface area (Å²) >= 11 is 0. The van der Waals surface area contributed by atoms with Crippen LogP contribution in [-0.4, -0.2) is 40.0 Å². The van der Waals surface area contributed by atoms with E-state index in [4.69, 9.17) is 19.7 Å². The van der Waals surface area contributed by atoms with Crippen LogP contribution >= 0.6 is 0 Å².